The van der Waals surface area contributed by atoms with E-state index in [1.54, 1.807) is 20.8 Å². The van der Waals surface area contributed by atoms with Crippen LogP contribution in [0.1, 0.15) is 66.7 Å². The van der Waals surface area contributed by atoms with Crippen LogP contribution in [0.3, 0.4) is 0 Å². The molecule has 0 aromatic heterocycles. The minimum Gasteiger partial charge on any atom is -0.444 e. The molecule has 26 heavy (non-hydrogen) atoms. The first-order chi connectivity index (χ1) is 12.1. The molecule has 1 saturated carbocycles. The molecule has 0 saturated heterocycles. The van der Waals surface area contributed by atoms with Crippen molar-refractivity contribution in [3.63, 3.8) is 0 Å². The molecule has 150 valence electrons. The highest BCUT2D eigenvalue weighted by Gasteiger charge is 2.23. The summed E-state index contributed by atoms with van der Waals surface area (Å²) >= 11 is 0. The first-order valence-electron chi connectivity index (χ1n) is 9.31. The number of nitrogens with two attached hydrogens (primary N) is 1. The van der Waals surface area contributed by atoms with Crippen LogP contribution in [-0.2, 0) is 14.4 Å². The molecule has 0 spiro atoms. The van der Waals surface area contributed by atoms with Gasteiger partial charge in [-0.3, -0.25) is 4.79 Å². The number of oxime groups is 1. The first kappa shape index (κ1) is 22.1. The average molecular weight is 370 g/mol. The molecule has 0 bridgehead atoms. The van der Waals surface area contributed by atoms with Gasteiger partial charge in [0.1, 0.15) is 5.60 Å². The molecular formula is C18H34N4O4. The summed E-state index contributed by atoms with van der Waals surface area (Å²) in [6.45, 7) is 9.17. The number of hydrogen-bond donors (Lipinski definition) is 3. The third-order valence-corrected chi connectivity index (χ3v) is 3.84. The molecule has 0 aliphatic heterocycles. The van der Waals surface area contributed by atoms with Crippen molar-refractivity contribution in [1.29, 1.82) is 0 Å². The van der Waals surface area contributed by atoms with E-state index < -0.39 is 17.7 Å². The summed E-state index contributed by atoms with van der Waals surface area (Å²) in [6, 6.07) is -0.294. The third-order valence-electron chi connectivity index (χ3n) is 3.84. The van der Waals surface area contributed by atoms with Gasteiger partial charge in [0.15, 0.2) is 12.4 Å². The summed E-state index contributed by atoms with van der Waals surface area (Å²) in [7, 11) is 0. The third kappa shape index (κ3) is 9.48. The van der Waals surface area contributed by atoms with Gasteiger partial charge in [-0.2, -0.15) is 0 Å². The fourth-order valence-electron chi connectivity index (χ4n) is 2.74. The van der Waals surface area contributed by atoms with Crippen LogP contribution in [0.5, 0.6) is 0 Å². The van der Waals surface area contributed by atoms with E-state index in [4.69, 9.17) is 15.3 Å². The van der Waals surface area contributed by atoms with Crippen LogP contribution in [0.4, 0.5) is 4.79 Å². The van der Waals surface area contributed by atoms with E-state index in [2.05, 4.69) is 15.8 Å². The molecule has 2 amide bonds. The van der Waals surface area contributed by atoms with E-state index in [1.807, 2.05) is 13.8 Å². The van der Waals surface area contributed by atoms with E-state index >= 15 is 0 Å². The van der Waals surface area contributed by atoms with Gasteiger partial charge in [0, 0.05) is 6.04 Å². The van der Waals surface area contributed by atoms with Crippen LogP contribution in [0.2, 0.25) is 0 Å². The number of nitrogens with one attached hydrogen (secondary N) is 2. The van der Waals surface area contributed by atoms with Crippen molar-refractivity contribution in [3.8, 4) is 0 Å². The van der Waals surface area contributed by atoms with Gasteiger partial charge in [0.05, 0.1) is 6.04 Å². The van der Waals surface area contributed by atoms with Crippen molar-refractivity contribution in [2.75, 3.05) is 6.61 Å². The number of amides is 2. The lowest BCUT2D eigenvalue weighted by atomic mass is 10.0. The summed E-state index contributed by atoms with van der Waals surface area (Å²) in [4.78, 5) is 28.9. The van der Waals surface area contributed by atoms with Crippen molar-refractivity contribution in [1.82, 2.24) is 10.6 Å². The van der Waals surface area contributed by atoms with Crippen LogP contribution in [0.15, 0.2) is 5.16 Å². The largest absolute Gasteiger partial charge is 0.444 e. The Morgan fingerprint density at radius 1 is 1.23 bits per heavy atom. The lowest BCUT2D eigenvalue weighted by Crippen LogP contribution is -2.47. The molecule has 1 aliphatic carbocycles. The van der Waals surface area contributed by atoms with Gasteiger partial charge in [-0.25, -0.2) is 4.79 Å². The molecule has 1 aliphatic rings. The minimum atomic E-state index is -0.604. The van der Waals surface area contributed by atoms with Gasteiger partial charge in [-0.05, 0) is 46.0 Å². The molecule has 0 aromatic carbocycles. The quantitative estimate of drug-likeness (QED) is 0.344. The minimum absolute atomic E-state index is 0.109. The molecule has 0 radical (unpaired) electrons. The molecule has 1 fully saturated rings. The lowest BCUT2D eigenvalue weighted by molar-refractivity contribution is -0.126. The van der Waals surface area contributed by atoms with E-state index in [0.717, 1.165) is 25.7 Å². The molecule has 1 atom stereocenters. The zero-order valence-electron chi connectivity index (χ0n) is 16.6. The number of amidine groups is 1. The Hall–Kier alpha value is -1.99. The molecule has 8 heteroatoms. The van der Waals surface area contributed by atoms with Gasteiger partial charge in [-0.1, -0.05) is 31.8 Å². The molecule has 0 aromatic rings. The van der Waals surface area contributed by atoms with Crippen LogP contribution in [-0.4, -0.2) is 42.1 Å². The maximum Gasteiger partial charge on any atom is 0.408 e. The zero-order chi connectivity index (χ0) is 19.7. The fraction of sp³-hybridized carbons (Fsp3) is 0.833. The Kier molecular flexibility index (Phi) is 8.68. The number of carbonyl (C=O) groups is 2. The Bertz CT molecular complexity index is 494. The second-order valence-corrected chi connectivity index (χ2v) is 8.17. The van der Waals surface area contributed by atoms with Gasteiger partial charge in [0.25, 0.3) is 5.91 Å². The van der Waals surface area contributed by atoms with Crippen LogP contribution >= 0.6 is 0 Å². The highest BCUT2D eigenvalue weighted by Crippen LogP contribution is 2.17. The van der Waals surface area contributed by atoms with Crippen LogP contribution in [0, 0.1) is 5.92 Å². The number of hydrogen-bond acceptors (Lipinski definition) is 5. The SMILES string of the molecule is CC(C)C[C@H](NC(=O)OC(C)(C)C)/C(N)=N\OCC(=O)NC1CCCC1. The smallest absolute Gasteiger partial charge is 0.408 e. The summed E-state index contributed by atoms with van der Waals surface area (Å²) in [5, 5.41) is 9.42. The summed E-state index contributed by atoms with van der Waals surface area (Å²) in [5.41, 5.74) is 5.35. The summed E-state index contributed by atoms with van der Waals surface area (Å²) in [6.07, 6.45) is 4.31. The van der Waals surface area contributed by atoms with Crippen molar-refractivity contribution in [2.24, 2.45) is 16.8 Å². The maximum absolute atomic E-state index is 12.0. The number of nitrogens with zero attached hydrogens (tertiary/aromatic N) is 1. The maximum atomic E-state index is 12.0. The summed E-state index contributed by atoms with van der Waals surface area (Å²) < 4.78 is 5.25. The Balaban J connectivity index is 2.51. The van der Waals surface area contributed by atoms with Crippen molar-refractivity contribution < 1.29 is 19.2 Å². The molecule has 4 N–H and O–H groups in total. The topological polar surface area (TPSA) is 115 Å². The summed E-state index contributed by atoms with van der Waals surface area (Å²) in [5.74, 6) is 0.168. The number of alkyl carbamates (subject to hydrolysis) is 1. The van der Waals surface area contributed by atoms with Gasteiger partial charge < -0.3 is 25.9 Å². The first-order valence-corrected chi connectivity index (χ1v) is 9.31. The molecular weight excluding hydrogens is 336 g/mol. The van der Waals surface area contributed by atoms with E-state index in [9.17, 15) is 9.59 Å². The van der Waals surface area contributed by atoms with Gasteiger partial charge >= 0.3 is 6.09 Å². The standard InChI is InChI=1S/C18H34N4O4/c1-12(2)10-14(21-17(24)26-18(3,4)5)16(19)22-25-11-15(23)20-13-8-6-7-9-13/h12-14H,6-11H2,1-5H3,(H2,19,22)(H,20,23)(H,21,24)/t14-/m0/s1. The van der Waals surface area contributed by atoms with Gasteiger partial charge in [-0.15, -0.1) is 0 Å². The monoisotopic (exact) mass is 370 g/mol. The lowest BCUT2D eigenvalue weighted by Gasteiger charge is -2.24. The number of carbonyl (C=O) groups excluding carboxylic acids is 2. The van der Waals surface area contributed by atoms with E-state index in [-0.39, 0.29) is 30.3 Å². The van der Waals surface area contributed by atoms with Crippen LogP contribution in [0.25, 0.3) is 0 Å². The molecule has 8 nitrogen and oxygen atoms in total. The highest BCUT2D eigenvalue weighted by atomic mass is 16.6. The van der Waals surface area contributed by atoms with Gasteiger partial charge in [0.2, 0.25) is 0 Å². The second-order valence-electron chi connectivity index (χ2n) is 8.17. The number of ether oxygens (including phenoxy) is 1. The molecule has 0 heterocycles. The van der Waals surface area contributed by atoms with Crippen molar-refractivity contribution in [3.05, 3.63) is 0 Å². The van der Waals surface area contributed by atoms with Crippen molar-refractivity contribution >= 4 is 17.8 Å². The Morgan fingerprint density at radius 3 is 2.38 bits per heavy atom. The fourth-order valence-corrected chi connectivity index (χ4v) is 2.74. The van der Waals surface area contributed by atoms with Crippen LogP contribution < -0.4 is 16.4 Å². The molecule has 0 unspecified atom stereocenters. The predicted octanol–water partition coefficient (Wildman–Crippen LogP) is 2.27. The molecule has 1 rings (SSSR count). The number of rotatable bonds is 8. The van der Waals surface area contributed by atoms with E-state index in [0.29, 0.717) is 6.42 Å². The highest BCUT2D eigenvalue weighted by molar-refractivity contribution is 5.88. The Morgan fingerprint density at radius 2 is 1.85 bits per heavy atom. The van der Waals surface area contributed by atoms with Crippen molar-refractivity contribution in [2.45, 2.75) is 84.4 Å². The zero-order valence-corrected chi connectivity index (χ0v) is 16.6. The predicted molar refractivity (Wildman–Crippen MR) is 101 cm³/mol. The second kappa shape index (κ2) is 10.2. The average Bonchev–Trinajstić information content (AvgIpc) is 2.96. The van der Waals surface area contributed by atoms with E-state index in [1.165, 1.54) is 0 Å². The Labute approximate surface area is 156 Å². The normalized spacial score (nSPS) is 17.1.